The smallest absolute Gasteiger partial charge is 0.526 e. The highest BCUT2D eigenvalue weighted by molar-refractivity contribution is 6.46. The van der Waals surface area contributed by atoms with E-state index in [-0.39, 0.29) is 24.4 Å². The van der Waals surface area contributed by atoms with Gasteiger partial charge in [-0.15, -0.1) is 0 Å². The number of fused-ring (bicyclic) bond motifs is 1. The molecule has 118 valence electrons. The third kappa shape index (κ3) is 3.53. The van der Waals surface area contributed by atoms with E-state index in [1.54, 1.807) is 18.3 Å². The molecule has 1 aromatic heterocycles. The molecule has 2 aromatic rings. The predicted octanol–water partition coefficient (Wildman–Crippen LogP) is 1.96. The Morgan fingerprint density at radius 2 is 2.26 bits per heavy atom. The summed E-state index contributed by atoms with van der Waals surface area (Å²) in [7, 11) is -0.947. The minimum absolute atomic E-state index is 0.0559. The first-order chi connectivity index (χ1) is 11.0. The van der Waals surface area contributed by atoms with Crippen LogP contribution in [0.3, 0.4) is 0 Å². The lowest BCUT2D eigenvalue weighted by atomic mass is 9.64. The highest BCUT2D eigenvalue weighted by Gasteiger charge is 2.36. The second-order valence-electron chi connectivity index (χ2n) is 6.05. The summed E-state index contributed by atoms with van der Waals surface area (Å²) in [6.45, 7) is 1.95. The lowest BCUT2D eigenvalue weighted by molar-refractivity contribution is -0.118. The Morgan fingerprint density at radius 1 is 1.43 bits per heavy atom. The Balaban J connectivity index is 1.66. The standard InChI is InChI=1S/C17H19BN2O3/c1-11-3-2-4-13-8-14(18(22)23-17(11)13)9-15(21)7-12-5-6-16(19)20-10-12/h2-6,10,14,22H,7-9H2,1H3,(H2,19,20)/t14-/m1/s1. The molecule has 6 heteroatoms. The number of aromatic nitrogens is 1. The number of benzene rings is 1. The topological polar surface area (TPSA) is 85.4 Å². The van der Waals surface area contributed by atoms with Crippen molar-refractivity contribution in [3.8, 4) is 5.75 Å². The summed E-state index contributed by atoms with van der Waals surface area (Å²) in [5.41, 5.74) is 8.41. The van der Waals surface area contributed by atoms with Gasteiger partial charge in [0.1, 0.15) is 17.4 Å². The van der Waals surface area contributed by atoms with E-state index in [1.165, 1.54) is 0 Å². The van der Waals surface area contributed by atoms with Crippen LogP contribution in [0.2, 0.25) is 5.82 Å². The molecule has 0 radical (unpaired) electrons. The molecule has 0 saturated heterocycles. The lowest BCUT2D eigenvalue weighted by Gasteiger charge is -2.28. The molecule has 0 saturated carbocycles. The van der Waals surface area contributed by atoms with Gasteiger partial charge in [-0.2, -0.15) is 0 Å². The number of carbonyl (C=O) groups excluding carboxylic acids is 1. The summed E-state index contributed by atoms with van der Waals surface area (Å²) in [6, 6.07) is 9.38. The summed E-state index contributed by atoms with van der Waals surface area (Å²) >= 11 is 0. The quantitative estimate of drug-likeness (QED) is 0.843. The van der Waals surface area contributed by atoms with Crippen LogP contribution < -0.4 is 10.4 Å². The van der Waals surface area contributed by atoms with Crippen LogP contribution in [0.15, 0.2) is 36.5 Å². The van der Waals surface area contributed by atoms with E-state index < -0.39 is 7.12 Å². The van der Waals surface area contributed by atoms with E-state index in [9.17, 15) is 9.82 Å². The van der Waals surface area contributed by atoms with Crippen molar-refractivity contribution in [2.45, 2.75) is 32.0 Å². The highest BCUT2D eigenvalue weighted by atomic mass is 16.5. The van der Waals surface area contributed by atoms with Crippen molar-refractivity contribution in [1.29, 1.82) is 0 Å². The summed E-state index contributed by atoms with van der Waals surface area (Å²) in [5, 5.41) is 10.2. The number of aryl methyl sites for hydroxylation is 1. The maximum absolute atomic E-state index is 12.3. The minimum atomic E-state index is -0.947. The number of ketones is 1. The third-order valence-corrected chi connectivity index (χ3v) is 4.16. The first kappa shape index (κ1) is 15.6. The van der Waals surface area contributed by atoms with Gasteiger partial charge in [0.15, 0.2) is 0 Å². The van der Waals surface area contributed by atoms with E-state index in [4.69, 9.17) is 10.4 Å². The molecule has 0 fully saturated rings. The van der Waals surface area contributed by atoms with Crippen molar-refractivity contribution in [2.24, 2.45) is 0 Å². The molecule has 0 spiro atoms. The molecule has 5 nitrogen and oxygen atoms in total. The summed E-state index contributed by atoms with van der Waals surface area (Å²) < 4.78 is 5.62. The molecule has 0 unspecified atom stereocenters. The molecule has 0 amide bonds. The molecule has 1 atom stereocenters. The first-order valence-electron chi connectivity index (χ1n) is 7.68. The summed E-state index contributed by atoms with van der Waals surface area (Å²) in [5.74, 6) is 1.01. The molecule has 0 bridgehead atoms. The number of hydrogen-bond acceptors (Lipinski definition) is 5. The van der Waals surface area contributed by atoms with Crippen LogP contribution >= 0.6 is 0 Å². The van der Waals surface area contributed by atoms with Crippen molar-refractivity contribution in [2.75, 3.05) is 5.73 Å². The lowest BCUT2D eigenvalue weighted by Crippen LogP contribution is -2.35. The molecule has 1 aliphatic heterocycles. The molecule has 3 N–H and O–H groups in total. The monoisotopic (exact) mass is 310 g/mol. The Labute approximate surface area is 135 Å². The molecular formula is C17H19BN2O3. The normalized spacial score (nSPS) is 16.6. The molecule has 2 heterocycles. The van der Waals surface area contributed by atoms with Gasteiger partial charge in [0.05, 0.1) is 0 Å². The zero-order chi connectivity index (χ0) is 16.4. The zero-order valence-electron chi connectivity index (χ0n) is 13.0. The molecular weight excluding hydrogens is 291 g/mol. The Hall–Kier alpha value is -2.34. The van der Waals surface area contributed by atoms with Crippen LogP contribution in [0.4, 0.5) is 5.82 Å². The Bertz CT molecular complexity index is 718. The number of carbonyl (C=O) groups is 1. The van der Waals surface area contributed by atoms with Gasteiger partial charge in [0.2, 0.25) is 0 Å². The van der Waals surface area contributed by atoms with Crippen LogP contribution in [0.5, 0.6) is 5.75 Å². The van der Waals surface area contributed by atoms with Crippen molar-refractivity contribution >= 4 is 18.7 Å². The summed E-state index contributed by atoms with van der Waals surface area (Å²) in [4.78, 5) is 16.2. The van der Waals surface area contributed by atoms with Gasteiger partial charge in [0, 0.05) is 24.9 Å². The fourth-order valence-corrected chi connectivity index (χ4v) is 2.95. The number of Topliss-reactive ketones (excluding diaryl/α,β-unsaturated/α-hetero) is 1. The second kappa shape index (κ2) is 6.42. The van der Waals surface area contributed by atoms with Gasteiger partial charge in [-0.25, -0.2) is 4.98 Å². The Kier molecular flexibility index (Phi) is 4.34. The van der Waals surface area contributed by atoms with Crippen LogP contribution in [-0.2, 0) is 17.6 Å². The predicted molar refractivity (Wildman–Crippen MR) is 89.2 cm³/mol. The van der Waals surface area contributed by atoms with E-state index >= 15 is 0 Å². The first-order valence-corrected chi connectivity index (χ1v) is 7.68. The number of hydrogen-bond donors (Lipinski definition) is 2. The minimum Gasteiger partial charge on any atom is -0.536 e. The van der Waals surface area contributed by atoms with Gasteiger partial charge in [-0.3, -0.25) is 4.79 Å². The van der Waals surface area contributed by atoms with Gasteiger partial charge in [0.25, 0.3) is 0 Å². The number of nitrogens with zero attached hydrogens (tertiary/aromatic N) is 1. The van der Waals surface area contributed by atoms with Crippen molar-refractivity contribution in [3.05, 3.63) is 53.2 Å². The van der Waals surface area contributed by atoms with Crippen molar-refractivity contribution < 1.29 is 14.5 Å². The fraction of sp³-hybridized carbons (Fsp3) is 0.294. The van der Waals surface area contributed by atoms with E-state index in [2.05, 4.69) is 4.98 Å². The molecule has 1 aliphatic rings. The van der Waals surface area contributed by atoms with Gasteiger partial charge < -0.3 is 15.4 Å². The number of nitrogens with two attached hydrogens (primary N) is 1. The van der Waals surface area contributed by atoms with Gasteiger partial charge >= 0.3 is 7.12 Å². The fourth-order valence-electron chi connectivity index (χ4n) is 2.95. The van der Waals surface area contributed by atoms with Gasteiger partial charge in [-0.1, -0.05) is 24.3 Å². The van der Waals surface area contributed by atoms with E-state index in [0.29, 0.717) is 12.2 Å². The number of pyridine rings is 1. The third-order valence-electron chi connectivity index (χ3n) is 4.16. The van der Waals surface area contributed by atoms with Crippen molar-refractivity contribution in [3.63, 3.8) is 0 Å². The van der Waals surface area contributed by atoms with Crippen LogP contribution in [-0.4, -0.2) is 22.9 Å². The van der Waals surface area contributed by atoms with E-state index in [1.807, 2.05) is 25.1 Å². The SMILES string of the molecule is Cc1cccc2c1OB(O)[C@@H](CC(=O)Cc1ccc(N)nc1)C2. The molecule has 23 heavy (non-hydrogen) atoms. The largest absolute Gasteiger partial charge is 0.536 e. The average Bonchev–Trinajstić information content (AvgIpc) is 2.51. The van der Waals surface area contributed by atoms with Crippen LogP contribution in [0.25, 0.3) is 0 Å². The van der Waals surface area contributed by atoms with Crippen molar-refractivity contribution in [1.82, 2.24) is 4.98 Å². The summed E-state index contributed by atoms with van der Waals surface area (Å²) in [6.07, 6.45) is 2.82. The molecule has 1 aromatic carbocycles. The average molecular weight is 310 g/mol. The maximum atomic E-state index is 12.3. The maximum Gasteiger partial charge on any atom is 0.526 e. The number of anilines is 1. The zero-order valence-corrected chi connectivity index (χ0v) is 13.0. The number of para-hydroxylation sites is 1. The van der Waals surface area contributed by atoms with Gasteiger partial charge in [-0.05, 0) is 36.1 Å². The number of rotatable bonds is 4. The highest BCUT2D eigenvalue weighted by Crippen LogP contribution is 2.35. The second-order valence-corrected chi connectivity index (χ2v) is 6.05. The molecule has 0 aliphatic carbocycles. The number of nitrogen functional groups attached to an aromatic ring is 1. The van der Waals surface area contributed by atoms with Crippen LogP contribution in [0.1, 0.15) is 23.1 Å². The Morgan fingerprint density at radius 3 is 3.00 bits per heavy atom. The van der Waals surface area contributed by atoms with Crippen LogP contribution in [0, 0.1) is 6.92 Å². The molecule has 3 rings (SSSR count). The van der Waals surface area contributed by atoms with E-state index in [0.717, 1.165) is 22.4 Å².